The number of carbonyl (C=O) groups excluding carboxylic acids is 2. The molecule has 1 aromatic carbocycles. The van der Waals surface area contributed by atoms with Crippen LogP contribution in [0.1, 0.15) is 33.9 Å². The molecule has 0 unspecified atom stereocenters. The lowest BCUT2D eigenvalue weighted by Crippen LogP contribution is -2.50. The highest BCUT2D eigenvalue weighted by Crippen LogP contribution is 2.28. The average molecular weight is 556 g/mol. The predicted octanol–water partition coefficient (Wildman–Crippen LogP) is 3.34. The summed E-state index contributed by atoms with van der Waals surface area (Å²) in [6.45, 7) is 8.90. The molecule has 4 heterocycles. The van der Waals surface area contributed by atoms with E-state index in [0.717, 1.165) is 57.7 Å². The van der Waals surface area contributed by atoms with E-state index in [-0.39, 0.29) is 11.8 Å². The van der Waals surface area contributed by atoms with Gasteiger partial charge >= 0.3 is 0 Å². The highest BCUT2D eigenvalue weighted by atomic mass is 35.5. The van der Waals surface area contributed by atoms with E-state index in [2.05, 4.69) is 40.4 Å². The fourth-order valence-electron chi connectivity index (χ4n) is 4.53. The van der Waals surface area contributed by atoms with Gasteiger partial charge in [-0.05, 0) is 38.3 Å². The first-order valence-electron chi connectivity index (χ1n) is 12.6. The van der Waals surface area contributed by atoms with Crippen molar-refractivity contribution >= 4 is 57.5 Å². The maximum absolute atomic E-state index is 12.8. The number of piperazine rings is 1. The van der Waals surface area contributed by atoms with Crippen LogP contribution in [-0.2, 0) is 4.79 Å². The number of hydrogen-bond donors (Lipinski definition) is 2. The maximum atomic E-state index is 12.8. The zero-order valence-corrected chi connectivity index (χ0v) is 23.0. The van der Waals surface area contributed by atoms with E-state index in [9.17, 15) is 9.59 Å². The van der Waals surface area contributed by atoms with Gasteiger partial charge < -0.3 is 15.1 Å². The number of benzene rings is 1. The van der Waals surface area contributed by atoms with Crippen molar-refractivity contribution in [2.75, 3.05) is 61.3 Å². The Morgan fingerprint density at radius 2 is 1.79 bits per heavy atom. The Hall–Kier alpha value is -3.35. The monoisotopic (exact) mass is 555 g/mol. The van der Waals surface area contributed by atoms with E-state index < -0.39 is 0 Å². The van der Waals surface area contributed by atoms with E-state index >= 15 is 0 Å². The molecule has 38 heavy (non-hydrogen) atoms. The molecule has 2 N–H and O–H groups in total. The molecule has 0 atom stereocenters. The lowest BCUT2D eigenvalue weighted by molar-refractivity contribution is -0.131. The van der Waals surface area contributed by atoms with Crippen molar-refractivity contribution < 1.29 is 9.59 Å². The molecule has 13 heteroatoms. The Labute approximate surface area is 230 Å². The van der Waals surface area contributed by atoms with Crippen molar-refractivity contribution in [1.82, 2.24) is 29.7 Å². The van der Waals surface area contributed by atoms with Crippen molar-refractivity contribution in [2.45, 2.75) is 26.7 Å². The summed E-state index contributed by atoms with van der Waals surface area (Å²) in [7, 11) is 0. The van der Waals surface area contributed by atoms with E-state index in [1.165, 1.54) is 17.5 Å². The van der Waals surface area contributed by atoms with Gasteiger partial charge in [-0.25, -0.2) is 4.98 Å². The molecule has 3 aromatic rings. The van der Waals surface area contributed by atoms with Crippen LogP contribution in [0.5, 0.6) is 0 Å². The van der Waals surface area contributed by atoms with Gasteiger partial charge in [0.1, 0.15) is 10.7 Å². The number of hydrogen-bond acceptors (Lipinski definition) is 10. The minimum Gasteiger partial charge on any atom is -0.342 e. The van der Waals surface area contributed by atoms with Crippen molar-refractivity contribution in [3.8, 4) is 0 Å². The highest BCUT2D eigenvalue weighted by Gasteiger charge is 2.25. The number of anilines is 4. The number of para-hydroxylation sites is 1. The number of rotatable bonds is 7. The number of nitrogens with zero attached hydrogens (tertiary/aromatic N) is 7. The molecule has 0 saturated carbocycles. The second-order valence-electron chi connectivity index (χ2n) is 9.40. The third-order valence-electron chi connectivity index (χ3n) is 6.62. The van der Waals surface area contributed by atoms with Gasteiger partial charge in [-0.2, -0.15) is 15.0 Å². The summed E-state index contributed by atoms with van der Waals surface area (Å²) in [5.74, 6) is 1.45. The zero-order chi connectivity index (χ0) is 26.6. The molecule has 2 aliphatic heterocycles. The van der Waals surface area contributed by atoms with Gasteiger partial charge in [-0.15, -0.1) is 0 Å². The molecule has 2 aromatic heterocycles. The Kier molecular flexibility index (Phi) is 8.01. The summed E-state index contributed by atoms with van der Waals surface area (Å²) in [4.78, 5) is 49.8. The Balaban J connectivity index is 1.19. The number of aromatic nitrogens is 4. The summed E-state index contributed by atoms with van der Waals surface area (Å²) in [5, 5.41) is 6.94. The SMILES string of the molecule is Cc1nc(Nc2ncc(C(=O)Nc3c(C)cccc3Cl)s2)nc(N2CCN(CC(=O)N3CCCC3)CC2)n1. The molecule has 0 aliphatic carbocycles. The van der Waals surface area contributed by atoms with Crippen LogP contribution in [-0.4, -0.2) is 87.4 Å². The molecule has 200 valence electrons. The van der Waals surface area contributed by atoms with Crippen LogP contribution >= 0.6 is 22.9 Å². The van der Waals surface area contributed by atoms with Crippen LogP contribution in [0.2, 0.25) is 5.02 Å². The van der Waals surface area contributed by atoms with Crippen molar-refractivity contribution in [1.29, 1.82) is 0 Å². The molecule has 2 fully saturated rings. The average Bonchev–Trinajstić information content (AvgIpc) is 3.59. The third kappa shape index (κ3) is 6.20. The number of halogens is 1. The first-order chi connectivity index (χ1) is 18.4. The van der Waals surface area contributed by atoms with Crippen LogP contribution in [0, 0.1) is 13.8 Å². The fraction of sp³-hybridized carbons (Fsp3) is 0.440. The van der Waals surface area contributed by atoms with Crippen molar-refractivity contribution in [2.24, 2.45) is 0 Å². The lowest BCUT2D eigenvalue weighted by Gasteiger charge is -2.35. The maximum Gasteiger partial charge on any atom is 0.267 e. The summed E-state index contributed by atoms with van der Waals surface area (Å²) in [6.07, 6.45) is 3.71. The molecular weight excluding hydrogens is 526 g/mol. The second kappa shape index (κ2) is 11.6. The molecule has 0 spiro atoms. The highest BCUT2D eigenvalue weighted by molar-refractivity contribution is 7.17. The summed E-state index contributed by atoms with van der Waals surface area (Å²) < 4.78 is 0. The van der Waals surface area contributed by atoms with Gasteiger partial charge in [0, 0.05) is 39.3 Å². The molecule has 2 amide bonds. The number of likely N-dealkylation sites (tertiary alicyclic amines) is 1. The van der Waals surface area contributed by atoms with Crippen LogP contribution in [0.4, 0.5) is 22.7 Å². The molecular formula is C25H30ClN9O2S. The number of carbonyl (C=O) groups is 2. The molecule has 2 saturated heterocycles. The van der Waals surface area contributed by atoms with Crippen LogP contribution in [0.3, 0.4) is 0 Å². The van der Waals surface area contributed by atoms with Gasteiger partial charge in [0.25, 0.3) is 5.91 Å². The fourth-order valence-corrected chi connectivity index (χ4v) is 5.50. The number of aryl methyl sites for hydroxylation is 2. The largest absolute Gasteiger partial charge is 0.342 e. The first-order valence-corrected chi connectivity index (χ1v) is 13.8. The first kappa shape index (κ1) is 26.3. The van der Waals surface area contributed by atoms with E-state index in [1.54, 1.807) is 6.07 Å². The Morgan fingerprint density at radius 3 is 2.53 bits per heavy atom. The van der Waals surface area contributed by atoms with E-state index in [4.69, 9.17) is 11.6 Å². The van der Waals surface area contributed by atoms with Crippen LogP contribution in [0.15, 0.2) is 24.4 Å². The second-order valence-corrected chi connectivity index (χ2v) is 10.8. The van der Waals surface area contributed by atoms with Gasteiger partial charge in [0.05, 0.1) is 23.5 Å². The summed E-state index contributed by atoms with van der Waals surface area (Å²) in [5.41, 5.74) is 1.46. The van der Waals surface area contributed by atoms with Crippen LogP contribution in [0.25, 0.3) is 0 Å². The predicted molar refractivity (Wildman–Crippen MR) is 149 cm³/mol. The van der Waals surface area contributed by atoms with Gasteiger partial charge in [-0.1, -0.05) is 35.1 Å². The molecule has 0 radical (unpaired) electrons. The third-order valence-corrected chi connectivity index (χ3v) is 7.84. The topological polar surface area (TPSA) is 119 Å². The van der Waals surface area contributed by atoms with Crippen molar-refractivity contribution in [3.05, 3.63) is 45.7 Å². The Bertz CT molecular complexity index is 1300. The van der Waals surface area contributed by atoms with Crippen molar-refractivity contribution in [3.63, 3.8) is 0 Å². The number of nitrogens with one attached hydrogen (secondary N) is 2. The van der Waals surface area contributed by atoms with Gasteiger partial charge in [-0.3, -0.25) is 19.8 Å². The molecule has 0 bridgehead atoms. The Morgan fingerprint density at radius 1 is 1.03 bits per heavy atom. The molecule has 5 rings (SSSR count). The number of thiazole rings is 1. The smallest absolute Gasteiger partial charge is 0.267 e. The summed E-state index contributed by atoms with van der Waals surface area (Å²) >= 11 is 7.44. The molecule has 11 nitrogen and oxygen atoms in total. The summed E-state index contributed by atoms with van der Waals surface area (Å²) in [6, 6.07) is 5.46. The van der Waals surface area contributed by atoms with Gasteiger partial charge in [0.15, 0.2) is 5.13 Å². The van der Waals surface area contributed by atoms with Gasteiger partial charge in [0.2, 0.25) is 17.8 Å². The quantitative estimate of drug-likeness (QED) is 0.452. The minimum atomic E-state index is -0.291. The van der Waals surface area contributed by atoms with E-state index in [1.807, 2.05) is 30.9 Å². The van der Waals surface area contributed by atoms with Crippen LogP contribution < -0.4 is 15.5 Å². The van der Waals surface area contributed by atoms with E-state index in [0.29, 0.717) is 45.0 Å². The zero-order valence-electron chi connectivity index (χ0n) is 21.4. The normalized spacial score (nSPS) is 16.1. The lowest BCUT2D eigenvalue weighted by atomic mass is 10.2. The standard InChI is InChI=1S/C25H30ClN9O2S/c1-16-6-5-7-18(26)21(16)30-22(37)19-14-27-25(38-19)32-23-28-17(2)29-24(31-23)35-12-10-33(11-13-35)15-20(36)34-8-3-4-9-34/h5-7,14H,3-4,8-13,15H2,1-2H3,(H,30,37)(H,27,28,29,31,32). The molecule has 2 aliphatic rings. The number of amides is 2. The minimum absolute atomic E-state index is 0.219.